The minimum absolute atomic E-state index is 0.122. The van der Waals surface area contributed by atoms with E-state index >= 15 is 0 Å². The lowest BCUT2D eigenvalue weighted by atomic mass is 9.93. The summed E-state index contributed by atoms with van der Waals surface area (Å²) >= 11 is 3.55. The molecule has 1 saturated heterocycles. The molecule has 0 bridgehead atoms. The molecule has 0 unspecified atom stereocenters. The summed E-state index contributed by atoms with van der Waals surface area (Å²) in [7, 11) is 0. The fourth-order valence-electron chi connectivity index (χ4n) is 3.53. The predicted octanol–water partition coefficient (Wildman–Crippen LogP) is 5.04. The summed E-state index contributed by atoms with van der Waals surface area (Å²) in [6, 6.07) is 15.7. The fraction of sp³-hybridized carbons (Fsp3) is 0.381. The molecule has 25 heavy (non-hydrogen) atoms. The Hall–Kier alpha value is -1.81. The van der Waals surface area contributed by atoms with Gasteiger partial charge < -0.3 is 9.64 Å². The van der Waals surface area contributed by atoms with Gasteiger partial charge in [-0.1, -0.05) is 30.3 Å². The molecule has 1 aliphatic heterocycles. The summed E-state index contributed by atoms with van der Waals surface area (Å²) < 4.78 is 6.63. The van der Waals surface area contributed by atoms with Crippen molar-refractivity contribution in [2.45, 2.75) is 32.3 Å². The van der Waals surface area contributed by atoms with Gasteiger partial charge >= 0.3 is 0 Å². The molecule has 1 amide bonds. The average molecular weight is 400 g/mol. The zero-order chi connectivity index (χ0) is 17.3. The number of ether oxygens (including phenoxy) is 1. The third-order valence-corrected chi connectivity index (χ3v) is 6.14. The van der Waals surface area contributed by atoms with Crippen molar-refractivity contribution < 1.29 is 9.53 Å². The Kier molecular flexibility index (Phi) is 4.55. The summed E-state index contributed by atoms with van der Waals surface area (Å²) in [4.78, 5) is 14.8. The minimum Gasteiger partial charge on any atom is -0.489 e. The first-order valence-corrected chi connectivity index (χ1v) is 9.70. The molecule has 2 fully saturated rings. The molecule has 0 atom stereocenters. The Balaban J connectivity index is 1.40. The molecule has 0 aromatic heterocycles. The topological polar surface area (TPSA) is 29.5 Å². The summed E-state index contributed by atoms with van der Waals surface area (Å²) in [5.41, 5.74) is 2.43. The van der Waals surface area contributed by atoms with Gasteiger partial charge in [0.2, 0.25) is 0 Å². The second-order valence-corrected chi connectivity index (χ2v) is 8.06. The number of amides is 1. The van der Waals surface area contributed by atoms with Crippen LogP contribution in [-0.2, 0) is 6.61 Å². The number of likely N-dealkylation sites (tertiary alicyclic amines) is 1. The largest absolute Gasteiger partial charge is 0.489 e. The molecule has 2 aromatic rings. The lowest BCUT2D eigenvalue weighted by Crippen LogP contribution is -2.39. The van der Waals surface area contributed by atoms with E-state index in [2.05, 4.69) is 15.9 Å². The SMILES string of the molecule is O=C(c1ccc(OCc2ccccc2)cc1Br)N1CCC2(CC1)CC2. The third kappa shape index (κ3) is 3.74. The lowest BCUT2D eigenvalue weighted by Gasteiger charge is -2.32. The van der Waals surface area contributed by atoms with Crippen LogP contribution in [0.15, 0.2) is 53.0 Å². The van der Waals surface area contributed by atoms with Crippen molar-refractivity contribution in [3.63, 3.8) is 0 Å². The maximum absolute atomic E-state index is 12.8. The number of carbonyl (C=O) groups excluding carboxylic acids is 1. The van der Waals surface area contributed by atoms with Gasteiger partial charge in [-0.3, -0.25) is 4.79 Å². The number of hydrogen-bond acceptors (Lipinski definition) is 2. The van der Waals surface area contributed by atoms with Gasteiger partial charge in [-0.05, 0) is 70.8 Å². The van der Waals surface area contributed by atoms with Crippen molar-refractivity contribution >= 4 is 21.8 Å². The van der Waals surface area contributed by atoms with Crippen LogP contribution < -0.4 is 4.74 Å². The Bertz CT molecular complexity index is 761. The average Bonchev–Trinajstić information content (AvgIpc) is 3.40. The van der Waals surface area contributed by atoms with Gasteiger partial charge in [-0.25, -0.2) is 0 Å². The first-order valence-electron chi connectivity index (χ1n) is 8.91. The van der Waals surface area contributed by atoms with Gasteiger partial charge in [-0.2, -0.15) is 0 Å². The molecule has 3 nitrogen and oxygen atoms in total. The molecule has 0 radical (unpaired) electrons. The molecule has 2 aliphatic rings. The summed E-state index contributed by atoms with van der Waals surface area (Å²) in [6.45, 7) is 2.30. The van der Waals surface area contributed by atoms with E-state index in [1.807, 2.05) is 53.4 Å². The Labute approximate surface area is 157 Å². The highest BCUT2D eigenvalue weighted by molar-refractivity contribution is 9.10. The van der Waals surface area contributed by atoms with Crippen LogP contribution in [0.3, 0.4) is 0 Å². The van der Waals surface area contributed by atoms with Crippen LogP contribution in [-0.4, -0.2) is 23.9 Å². The van der Waals surface area contributed by atoms with Crippen LogP contribution in [0.25, 0.3) is 0 Å². The second kappa shape index (κ2) is 6.83. The molecular formula is C21H22BrNO2. The zero-order valence-corrected chi connectivity index (χ0v) is 15.8. The molecular weight excluding hydrogens is 378 g/mol. The van der Waals surface area contributed by atoms with E-state index in [-0.39, 0.29) is 5.91 Å². The molecule has 1 aliphatic carbocycles. The Morgan fingerprint density at radius 2 is 1.76 bits per heavy atom. The van der Waals surface area contributed by atoms with E-state index in [1.165, 1.54) is 12.8 Å². The molecule has 1 heterocycles. The zero-order valence-electron chi connectivity index (χ0n) is 14.2. The van der Waals surface area contributed by atoms with E-state index in [9.17, 15) is 4.79 Å². The van der Waals surface area contributed by atoms with Crippen molar-refractivity contribution in [2.75, 3.05) is 13.1 Å². The quantitative estimate of drug-likeness (QED) is 0.719. The molecule has 130 valence electrons. The first-order chi connectivity index (χ1) is 12.2. The van der Waals surface area contributed by atoms with Gasteiger partial charge in [0.1, 0.15) is 12.4 Å². The van der Waals surface area contributed by atoms with Crippen molar-refractivity contribution in [3.05, 3.63) is 64.1 Å². The number of hydrogen-bond donors (Lipinski definition) is 0. The third-order valence-electron chi connectivity index (χ3n) is 5.49. The van der Waals surface area contributed by atoms with E-state index in [4.69, 9.17) is 4.74 Å². The van der Waals surface area contributed by atoms with Crippen LogP contribution in [0, 0.1) is 5.41 Å². The smallest absolute Gasteiger partial charge is 0.255 e. The maximum Gasteiger partial charge on any atom is 0.255 e. The number of rotatable bonds is 4. The van der Waals surface area contributed by atoms with Gasteiger partial charge in [0.05, 0.1) is 5.56 Å². The number of nitrogens with zero attached hydrogens (tertiary/aromatic N) is 1. The van der Waals surface area contributed by atoms with Gasteiger partial charge in [0.25, 0.3) is 5.91 Å². The van der Waals surface area contributed by atoms with Crippen molar-refractivity contribution in [3.8, 4) is 5.75 Å². The highest BCUT2D eigenvalue weighted by Gasteiger charge is 2.45. The molecule has 1 spiro atoms. The van der Waals surface area contributed by atoms with Crippen LogP contribution >= 0.6 is 15.9 Å². The van der Waals surface area contributed by atoms with E-state index in [1.54, 1.807) is 0 Å². The van der Waals surface area contributed by atoms with Crippen molar-refractivity contribution in [1.29, 1.82) is 0 Å². The molecule has 2 aromatic carbocycles. The number of carbonyl (C=O) groups is 1. The molecule has 1 saturated carbocycles. The summed E-state index contributed by atoms with van der Waals surface area (Å²) in [5.74, 6) is 0.889. The standard InChI is InChI=1S/C21H22BrNO2/c22-19-14-17(25-15-16-4-2-1-3-5-16)6-7-18(19)20(24)23-12-10-21(8-9-21)11-13-23/h1-7,14H,8-13,15H2. The predicted molar refractivity (Wildman–Crippen MR) is 102 cm³/mol. The van der Waals surface area contributed by atoms with Gasteiger partial charge in [-0.15, -0.1) is 0 Å². The van der Waals surface area contributed by atoms with Crippen LogP contribution in [0.1, 0.15) is 41.6 Å². The molecule has 4 rings (SSSR count). The number of halogens is 1. The normalized spacial score (nSPS) is 18.2. The Morgan fingerprint density at radius 3 is 2.40 bits per heavy atom. The van der Waals surface area contributed by atoms with E-state index in [0.29, 0.717) is 12.0 Å². The van der Waals surface area contributed by atoms with Crippen molar-refractivity contribution in [2.24, 2.45) is 5.41 Å². The fourth-order valence-corrected chi connectivity index (χ4v) is 4.06. The van der Waals surface area contributed by atoms with Gasteiger partial charge in [0.15, 0.2) is 0 Å². The molecule has 4 heteroatoms. The van der Waals surface area contributed by atoms with Crippen LogP contribution in [0.4, 0.5) is 0 Å². The second-order valence-electron chi connectivity index (χ2n) is 7.21. The monoisotopic (exact) mass is 399 g/mol. The van der Waals surface area contributed by atoms with E-state index < -0.39 is 0 Å². The molecule has 0 N–H and O–H groups in total. The number of benzene rings is 2. The maximum atomic E-state index is 12.8. The van der Waals surface area contributed by atoms with Gasteiger partial charge in [0, 0.05) is 17.6 Å². The highest BCUT2D eigenvalue weighted by Crippen LogP contribution is 2.53. The highest BCUT2D eigenvalue weighted by atomic mass is 79.9. The van der Waals surface area contributed by atoms with E-state index in [0.717, 1.165) is 47.3 Å². The van der Waals surface area contributed by atoms with Crippen LogP contribution in [0.2, 0.25) is 0 Å². The first kappa shape index (κ1) is 16.6. The lowest BCUT2D eigenvalue weighted by molar-refractivity contribution is 0.0677. The Morgan fingerprint density at radius 1 is 1.04 bits per heavy atom. The number of piperidine rings is 1. The summed E-state index contributed by atoms with van der Waals surface area (Å²) in [6.07, 6.45) is 5.03. The summed E-state index contributed by atoms with van der Waals surface area (Å²) in [5, 5.41) is 0. The minimum atomic E-state index is 0.122. The van der Waals surface area contributed by atoms with Crippen molar-refractivity contribution in [1.82, 2.24) is 4.90 Å². The van der Waals surface area contributed by atoms with Crippen LogP contribution in [0.5, 0.6) is 5.75 Å².